The lowest BCUT2D eigenvalue weighted by Gasteiger charge is -2.27. The Hall–Kier alpha value is -6.72. The lowest BCUT2D eigenvalue weighted by Crippen LogP contribution is -2.19. The van der Waals surface area contributed by atoms with Gasteiger partial charge in [-0.2, -0.15) is 0 Å². The van der Waals surface area contributed by atoms with Crippen LogP contribution in [0.1, 0.15) is 25.0 Å². The van der Waals surface area contributed by atoms with Crippen molar-refractivity contribution in [3.8, 4) is 62.1 Å². The predicted molar refractivity (Wildman–Crippen MR) is 211 cm³/mol. The number of pyridine rings is 1. The molecule has 0 atom stereocenters. The van der Waals surface area contributed by atoms with Gasteiger partial charge >= 0.3 is 0 Å². The SMILES string of the molecule is CC1(C)c2c(-c3nc(-c4ccccc4)nc(-c4ccccc4-c4ccccc4)n3)cccc2-c2cccc(-n3c4ccccc4c4cccnc43)c21. The first-order valence-electron chi connectivity index (χ1n) is 17.7. The Bertz CT molecular complexity index is 2760. The monoisotopic (exact) mass is 667 g/mol. The lowest BCUT2D eigenvalue weighted by molar-refractivity contribution is 0.657. The van der Waals surface area contributed by atoms with Gasteiger partial charge < -0.3 is 0 Å². The third-order valence-corrected chi connectivity index (χ3v) is 10.5. The van der Waals surface area contributed by atoms with Crippen LogP contribution in [0.2, 0.25) is 0 Å². The Kier molecular flexibility index (Phi) is 6.77. The molecule has 0 aliphatic heterocycles. The second-order valence-corrected chi connectivity index (χ2v) is 13.9. The standard InChI is InChI=1S/C47H33N5/c1-47(2)41-34(35-24-14-28-40(42(35)47)52-39-27-12-11-21-33(39)37-26-15-29-48-46(37)52)23-13-25-38(41)45-50-43(31-18-7-4-8-19-31)49-44(51-45)36-22-10-9-20-32(36)30-16-5-3-6-17-30/h3-29H,1-2H3. The maximum Gasteiger partial charge on any atom is 0.164 e. The van der Waals surface area contributed by atoms with Crippen LogP contribution in [0.25, 0.3) is 84.0 Å². The molecule has 0 N–H and O–H groups in total. The third-order valence-electron chi connectivity index (χ3n) is 10.5. The zero-order chi connectivity index (χ0) is 34.8. The summed E-state index contributed by atoms with van der Waals surface area (Å²) in [5, 5.41) is 2.34. The van der Waals surface area contributed by atoms with Gasteiger partial charge in [-0.25, -0.2) is 19.9 Å². The summed E-state index contributed by atoms with van der Waals surface area (Å²) in [6, 6.07) is 55.0. The summed E-state index contributed by atoms with van der Waals surface area (Å²) in [6.07, 6.45) is 1.89. The fourth-order valence-corrected chi connectivity index (χ4v) is 8.29. The number of benzene rings is 6. The van der Waals surface area contributed by atoms with Crippen molar-refractivity contribution >= 4 is 21.9 Å². The minimum atomic E-state index is -0.397. The van der Waals surface area contributed by atoms with Gasteiger partial charge in [-0.3, -0.25) is 4.57 Å². The van der Waals surface area contributed by atoms with E-state index in [1.54, 1.807) is 0 Å². The Morgan fingerprint density at radius 2 is 0.981 bits per heavy atom. The van der Waals surface area contributed by atoms with Gasteiger partial charge in [0.1, 0.15) is 5.65 Å². The predicted octanol–water partition coefficient (Wildman–Crippen LogP) is 11.3. The zero-order valence-corrected chi connectivity index (χ0v) is 28.8. The minimum absolute atomic E-state index is 0.397. The average Bonchev–Trinajstić information content (AvgIpc) is 3.67. The van der Waals surface area contributed by atoms with E-state index in [1.165, 1.54) is 27.6 Å². The molecule has 0 fully saturated rings. The fraction of sp³-hybridized carbons (Fsp3) is 0.0638. The number of aromatic nitrogens is 5. The van der Waals surface area contributed by atoms with Crippen molar-refractivity contribution in [2.75, 3.05) is 0 Å². The molecule has 5 heteroatoms. The van der Waals surface area contributed by atoms with Crippen molar-refractivity contribution in [1.82, 2.24) is 24.5 Å². The van der Waals surface area contributed by atoms with Crippen molar-refractivity contribution in [3.05, 3.63) is 175 Å². The van der Waals surface area contributed by atoms with Gasteiger partial charge in [0.15, 0.2) is 17.5 Å². The topological polar surface area (TPSA) is 56.5 Å². The van der Waals surface area contributed by atoms with E-state index in [2.05, 4.69) is 146 Å². The highest BCUT2D eigenvalue weighted by Crippen LogP contribution is 2.54. The maximum atomic E-state index is 5.31. The van der Waals surface area contributed by atoms with Gasteiger partial charge in [0.25, 0.3) is 0 Å². The molecular formula is C47H33N5. The van der Waals surface area contributed by atoms with Gasteiger partial charge in [0.05, 0.1) is 11.2 Å². The van der Waals surface area contributed by atoms with Crippen LogP contribution in [0, 0.1) is 0 Å². The number of nitrogens with zero attached hydrogens (tertiary/aromatic N) is 5. The molecular weight excluding hydrogens is 635 g/mol. The molecule has 0 radical (unpaired) electrons. The summed E-state index contributed by atoms with van der Waals surface area (Å²) in [4.78, 5) is 20.6. The summed E-state index contributed by atoms with van der Waals surface area (Å²) in [6.45, 7) is 4.66. The fourth-order valence-electron chi connectivity index (χ4n) is 8.29. The van der Waals surface area contributed by atoms with Crippen LogP contribution >= 0.6 is 0 Å². The first kappa shape index (κ1) is 30.1. The summed E-state index contributed by atoms with van der Waals surface area (Å²) in [5.41, 5.74) is 12.8. The van der Waals surface area contributed by atoms with Gasteiger partial charge in [-0.05, 0) is 57.6 Å². The second-order valence-electron chi connectivity index (χ2n) is 13.9. The molecule has 6 aromatic carbocycles. The molecule has 3 heterocycles. The smallest absolute Gasteiger partial charge is 0.164 e. The molecule has 5 nitrogen and oxygen atoms in total. The number of para-hydroxylation sites is 1. The van der Waals surface area contributed by atoms with E-state index in [-0.39, 0.29) is 0 Å². The molecule has 0 spiro atoms. The minimum Gasteiger partial charge on any atom is -0.294 e. The highest BCUT2D eigenvalue weighted by molar-refractivity contribution is 6.08. The van der Waals surface area contributed by atoms with Crippen LogP contribution in [0.5, 0.6) is 0 Å². The van der Waals surface area contributed by atoms with E-state index in [4.69, 9.17) is 19.9 Å². The van der Waals surface area contributed by atoms with Crippen LogP contribution in [-0.2, 0) is 5.41 Å². The molecule has 0 saturated heterocycles. The van der Waals surface area contributed by atoms with E-state index >= 15 is 0 Å². The second kappa shape index (κ2) is 11.7. The van der Waals surface area contributed by atoms with Crippen LogP contribution in [0.4, 0.5) is 0 Å². The Labute approximate surface area is 302 Å². The Balaban J connectivity index is 1.21. The van der Waals surface area contributed by atoms with Crippen LogP contribution in [0.3, 0.4) is 0 Å². The highest BCUT2D eigenvalue weighted by Gasteiger charge is 2.41. The van der Waals surface area contributed by atoms with E-state index in [0.29, 0.717) is 17.5 Å². The Morgan fingerprint density at radius 3 is 1.77 bits per heavy atom. The molecule has 0 amide bonds. The molecule has 3 aromatic heterocycles. The zero-order valence-electron chi connectivity index (χ0n) is 28.8. The van der Waals surface area contributed by atoms with E-state index in [9.17, 15) is 0 Å². The first-order chi connectivity index (χ1) is 25.6. The van der Waals surface area contributed by atoms with Crippen LogP contribution in [-0.4, -0.2) is 24.5 Å². The maximum absolute atomic E-state index is 5.31. The molecule has 0 bridgehead atoms. The molecule has 10 rings (SSSR count). The number of fused-ring (bicyclic) bond motifs is 6. The van der Waals surface area contributed by atoms with Crippen LogP contribution in [0.15, 0.2) is 164 Å². The quantitative estimate of drug-likeness (QED) is 0.183. The van der Waals surface area contributed by atoms with Crippen LogP contribution < -0.4 is 0 Å². The Morgan fingerprint density at radius 1 is 0.423 bits per heavy atom. The first-order valence-corrected chi connectivity index (χ1v) is 17.7. The number of hydrogen-bond acceptors (Lipinski definition) is 4. The lowest BCUT2D eigenvalue weighted by atomic mass is 9.79. The van der Waals surface area contributed by atoms with Crippen molar-refractivity contribution < 1.29 is 0 Å². The van der Waals surface area contributed by atoms with Crippen molar-refractivity contribution in [2.24, 2.45) is 0 Å². The number of hydrogen-bond donors (Lipinski definition) is 0. The summed E-state index contributed by atoms with van der Waals surface area (Å²) in [7, 11) is 0. The number of rotatable bonds is 5. The van der Waals surface area contributed by atoms with Gasteiger partial charge in [-0.1, -0.05) is 147 Å². The largest absolute Gasteiger partial charge is 0.294 e. The molecule has 52 heavy (non-hydrogen) atoms. The average molecular weight is 668 g/mol. The molecule has 9 aromatic rings. The van der Waals surface area contributed by atoms with Gasteiger partial charge in [0, 0.05) is 39.1 Å². The third kappa shape index (κ3) is 4.56. The van der Waals surface area contributed by atoms with Crippen molar-refractivity contribution in [3.63, 3.8) is 0 Å². The van der Waals surface area contributed by atoms with E-state index in [1.807, 2.05) is 36.5 Å². The highest BCUT2D eigenvalue weighted by atomic mass is 15.1. The normalized spacial score (nSPS) is 13.0. The molecule has 1 aliphatic rings. The molecule has 0 saturated carbocycles. The van der Waals surface area contributed by atoms with E-state index in [0.717, 1.165) is 50.1 Å². The van der Waals surface area contributed by atoms with E-state index < -0.39 is 5.41 Å². The van der Waals surface area contributed by atoms with Crippen molar-refractivity contribution in [2.45, 2.75) is 19.3 Å². The summed E-state index contributed by atoms with van der Waals surface area (Å²) < 4.78 is 2.34. The summed E-state index contributed by atoms with van der Waals surface area (Å²) in [5.74, 6) is 1.95. The van der Waals surface area contributed by atoms with Gasteiger partial charge in [-0.15, -0.1) is 0 Å². The van der Waals surface area contributed by atoms with Gasteiger partial charge in [0.2, 0.25) is 0 Å². The molecule has 1 aliphatic carbocycles. The molecule has 246 valence electrons. The molecule has 0 unspecified atom stereocenters. The van der Waals surface area contributed by atoms with Crippen molar-refractivity contribution in [1.29, 1.82) is 0 Å². The summed E-state index contributed by atoms with van der Waals surface area (Å²) >= 11 is 0.